The van der Waals surface area contributed by atoms with Crippen molar-refractivity contribution in [2.75, 3.05) is 13.2 Å². The average Bonchev–Trinajstić information content (AvgIpc) is 3.69. The SMILES string of the molecule is CC(C)C[C@H](NC(=O)[C@H](Cc1cnc[nH]1)NC(=O)[C@H](CO)NC(=O)[C@H](CCCN=C(N)N)NC(=O)[C@@H](N)CCC(=O)O)C(=O)N[C@H](C(=O)N[C@@H](CCC(=O)O)C(=O)O)[C@@H](C)O. The van der Waals surface area contributed by atoms with Crippen LogP contribution in [-0.4, -0.2) is 156 Å². The summed E-state index contributed by atoms with van der Waals surface area (Å²) in [7, 11) is 0. The molecule has 18 N–H and O–H groups in total. The molecule has 0 spiro atoms. The average molecular weight is 871 g/mol. The van der Waals surface area contributed by atoms with Gasteiger partial charge in [-0.2, -0.15) is 0 Å². The van der Waals surface area contributed by atoms with Crippen molar-refractivity contribution in [3.8, 4) is 0 Å². The Morgan fingerprint density at radius 3 is 1.75 bits per heavy atom. The van der Waals surface area contributed by atoms with Gasteiger partial charge in [0.2, 0.25) is 35.4 Å². The van der Waals surface area contributed by atoms with Crippen molar-refractivity contribution in [2.45, 2.75) is 121 Å². The van der Waals surface area contributed by atoms with Gasteiger partial charge in [-0.1, -0.05) is 13.8 Å². The first kappa shape index (κ1) is 52.6. The Balaban J connectivity index is 3.31. The first-order chi connectivity index (χ1) is 28.5. The zero-order valence-corrected chi connectivity index (χ0v) is 34.0. The Morgan fingerprint density at radius 2 is 1.23 bits per heavy atom. The van der Waals surface area contributed by atoms with Gasteiger partial charge in [0.15, 0.2) is 5.96 Å². The number of carboxylic acid groups (broad SMARTS) is 3. The van der Waals surface area contributed by atoms with Crippen molar-refractivity contribution in [1.29, 1.82) is 0 Å². The summed E-state index contributed by atoms with van der Waals surface area (Å²) in [6, 6.07) is -10.8. The molecular formula is C35H58N12O14. The fraction of sp³-hybridized carbons (Fsp3) is 0.629. The van der Waals surface area contributed by atoms with Crippen LogP contribution >= 0.6 is 0 Å². The quantitative estimate of drug-likeness (QED) is 0.0203. The number of carbonyl (C=O) groups excluding carboxylic acids is 6. The smallest absolute Gasteiger partial charge is 0.326 e. The fourth-order valence-corrected chi connectivity index (χ4v) is 5.45. The van der Waals surface area contributed by atoms with E-state index in [1.54, 1.807) is 13.8 Å². The van der Waals surface area contributed by atoms with Gasteiger partial charge in [0.1, 0.15) is 36.3 Å². The third-order valence-electron chi connectivity index (χ3n) is 8.68. The number of H-pyrrole nitrogens is 1. The molecule has 0 bridgehead atoms. The molecule has 1 aromatic heterocycles. The topological polar surface area (TPSA) is 446 Å². The third kappa shape index (κ3) is 20.4. The van der Waals surface area contributed by atoms with E-state index in [-0.39, 0.29) is 50.5 Å². The van der Waals surface area contributed by atoms with Gasteiger partial charge >= 0.3 is 17.9 Å². The molecule has 1 rings (SSSR count). The number of nitrogens with two attached hydrogens (primary N) is 3. The molecule has 6 amide bonds. The number of aliphatic hydroxyl groups is 2. The normalized spacial score (nSPS) is 14.9. The molecule has 26 heteroatoms. The first-order valence-corrected chi connectivity index (χ1v) is 19.1. The molecule has 0 fully saturated rings. The summed E-state index contributed by atoms with van der Waals surface area (Å²) < 4.78 is 0. The second-order valence-corrected chi connectivity index (χ2v) is 14.4. The maximum Gasteiger partial charge on any atom is 0.326 e. The van der Waals surface area contributed by atoms with Crippen molar-refractivity contribution in [2.24, 2.45) is 28.1 Å². The van der Waals surface area contributed by atoms with E-state index in [1.807, 2.05) is 0 Å². The molecule has 342 valence electrons. The number of carbonyl (C=O) groups is 9. The van der Waals surface area contributed by atoms with Crippen LogP contribution in [0, 0.1) is 5.92 Å². The lowest BCUT2D eigenvalue weighted by molar-refractivity contribution is -0.144. The van der Waals surface area contributed by atoms with Crippen LogP contribution in [-0.2, 0) is 49.6 Å². The van der Waals surface area contributed by atoms with Gasteiger partial charge in [-0.15, -0.1) is 0 Å². The lowest BCUT2D eigenvalue weighted by Crippen LogP contribution is -2.61. The molecule has 0 aromatic carbocycles. The Labute approximate surface area is 349 Å². The number of aliphatic imine (C=N–C) groups is 1. The number of imidazole rings is 1. The van der Waals surface area contributed by atoms with Crippen LogP contribution in [0.5, 0.6) is 0 Å². The van der Waals surface area contributed by atoms with E-state index >= 15 is 0 Å². The molecule has 26 nitrogen and oxygen atoms in total. The first-order valence-electron chi connectivity index (χ1n) is 19.1. The van der Waals surface area contributed by atoms with Gasteiger partial charge in [0.25, 0.3) is 0 Å². The number of aromatic nitrogens is 2. The number of rotatable bonds is 29. The number of amides is 6. The lowest BCUT2D eigenvalue weighted by Gasteiger charge is -2.28. The summed E-state index contributed by atoms with van der Waals surface area (Å²) >= 11 is 0. The molecule has 1 aromatic rings. The predicted molar refractivity (Wildman–Crippen MR) is 211 cm³/mol. The van der Waals surface area contributed by atoms with Crippen molar-refractivity contribution in [3.05, 3.63) is 18.2 Å². The third-order valence-corrected chi connectivity index (χ3v) is 8.68. The van der Waals surface area contributed by atoms with Crippen molar-refractivity contribution in [1.82, 2.24) is 41.9 Å². The van der Waals surface area contributed by atoms with Gasteiger partial charge in [-0.3, -0.25) is 43.3 Å². The van der Waals surface area contributed by atoms with Crippen LogP contribution in [0.1, 0.15) is 71.4 Å². The van der Waals surface area contributed by atoms with Gasteiger partial charge in [0.05, 0.1) is 25.1 Å². The Morgan fingerprint density at radius 1 is 0.705 bits per heavy atom. The number of guanidine groups is 1. The molecule has 1 heterocycles. The number of carboxylic acids is 3. The summed E-state index contributed by atoms with van der Waals surface area (Å²) in [5, 5.41) is 61.8. The molecule has 61 heavy (non-hydrogen) atoms. The van der Waals surface area contributed by atoms with Gasteiger partial charge < -0.3 is 79.6 Å². The highest BCUT2D eigenvalue weighted by Gasteiger charge is 2.35. The molecule has 0 saturated heterocycles. The molecular weight excluding hydrogens is 812 g/mol. The van der Waals surface area contributed by atoms with Gasteiger partial charge in [0, 0.05) is 37.7 Å². The predicted octanol–water partition coefficient (Wildman–Crippen LogP) is -5.52. The van der Waals surface area contributed by atoms with Crippen LogP contribution in [0.3, 0.4) is 0 Å². The van der Waals surface area contributed by atoms with E-state index in [0.29, 0.717) is 5.69 Å². The highest BCUT2D eigenvalue weighted by molar-refractivity contribution is 5.97. The van der Waals surface area contributed by atoms with Gasteiger partial charge in [-0.05, 0) is 44.9 Å². The van der Waals surface area contributed by atoms with Crippen molar-refractivity contribution < 1.29 is 68.7 Å². The summed E-state index contributed by atoms with van der Waals surface area (Å²) in [6.07, 6.45) is -1.11. The molecule has 0 aliphatic heterocycles. The van der Waals surface area contributed by atoms with E-state index in [9.17, 15) is 58.5 Å². The number of nitrogens with one attached hydrogen (secondary N) is 7. The monoisotopic (exact) mass is 870 g/mol. The number of aromatic amines is 1. The minimum Gasteiger partial charge on any atom is -0.481 e. The number of aliphatic carboxylic acids is 3. The highest BCUT2D eigenvalue weighted by atomic mass is 16.4. The fourth-order valence-electron chi connectivity index (χ4n) is 5.45. The summed E-state index contributed by atoms with van der Waals surface area (Å²) in [5.41, 5.74) is 16.8. The van der Waals surface area contributed by atoms with Crippen molar-refractivity contribution >= 4 is 59.3 Å². The van der Waals surface area contributed by atoms with Crippen molar-refractivity contribution in [3.63, 3.8) is 0 Å². The van der Waals surface area contributed by atoms with E-state index in [2.05, 4.69) is 46.9 Å². The second kappa shape index (κ2) is 26.6. The standard InChI is InChI=1S/C35H58N12O14/c1-16(2)11-22(31(57)47-27(17(3)49)33(59)43-21(34(60)61)7-9-26(52)53)44-30(56)23(12-18-13-39-15-41-18)45-32(58)24(14-48)46-29(55)20(5-4-10-40-35(37)38)42-28(54)19(36)6-8-25(50)51/h13,15-17,19-24,27,48-49H,4-12,14,36H2,1-3H3,(H,39,41)(H,42,54)(H,43,59)(H,44,56)(H,45,58)(H,46,55)(H,47,57)(H,50,51)(H,52,53)(H,60,61)(H4,37,38,40)/t17-,19+,20+,21+,22+,23+,24+,27+/m1/s1. The zero-order chi connectivity index (χ0) is 46.4. The van der Waals surface area contributed by atoms with E-state index in [1.165, 1.54) is 12.5 Å². The minimum absolute atomic E-state index is 0.0316. The molecule has 8 atom stereocenters. The van der Waals surface area contributed by atoms with Crippen LogP contribution in [0.15, 0.2) is 17.5 Å². The van der Waals surface area contributed by atoms with Gasteiger partial charge in [-0.25, -0.2) is 9.78 Å². The van der Waals surface area contributed by atoms with Crippen LogP contribution < -0.4 is 49.1 Å². The van der Waals surface area contributed by atoms with E-state index < -0.39 is 128 Å². The molecule has 0 saturated carbocycles. The largest absolute Gasteiger partial charge is 0.481 e. The number of nitrogens with zero attached hydrogens (tertiary/aromatic N) is 2. The minimum atomic E-state index is -1.76. The Kier molecular flexibility index (Phi) is 23.0. The lowest BCUT2D eigenvalue weighted by atomic mass is 10.0. The highest BCUT2D eigenvalue weighted by Crippen LogP contribution is 2.10. The second-order valence-electron chi connectivity index (χ2n) is 14.4. The molecule has 0 aliphatic carbocycles. The maximum absolute atomic E-state index is 13.9. The van der Waals surface area contributed by atoms with Crippen LogP contribution in [0.4, 0.5) is 0 Å². The number of hydrogen-bond acceptors (Lipinski definition) is 14. The van der Waals surface area contributed by atoms with E-state index in [0.717, 1.165) is 6.92 Å². The molecule has 0 radical (unpaired) electrons. The number of hydrogen-bond donors (Lipinski definition) is 15. The van der Waals surface area contributed by atoms with E-state index in [4.69, 9.17) is 27.4 Å². The summed E-state index contributed by atoms with van der Waals surface area (Å²) in [5.74, 6) is -10.7. The maximum atomic E-state index is 13.9. The molecule has 0 aliphatic rings. The Bertz CT molecular complexity index is 1690. The Hall–Kier alpha value is -6.41. The zero-order valence-electron chi connectivity index (χ0n) is 34.0. The van der Waals surface area contributed by atoms with Crippen LogP contribution in [0.2, 0.25) is 0 Å². The molecule has 0 unspecified atom stereocenters. The number of aliphatic hydroxyl groups excluding tert-OH is 2. The summed E-state index contributed by atoms with van der Waals surface area (Å²) in [4.78, 5) is 124. The van der Waals surface area contributed by atoms with Crippen LogP contribution in [0.25, 0.3) is 0 Å². The summed E-state index contributed by atoms with van der Waals surface area (Å²) in [6.45, 7) is 3.54.